The molecule has 2 atom stereocenters. The van der Waals surface area contributed by atoms with E-state index >= 15 is 0 Å². The highest BCUT2D eigenvalue weighted by Crippen LogP contribution is 2.19. The quantitative estimate of drug-likeness (QED) is 0.695. The van der Waals surface area contributed by atoms with E-state index in [-0.39, 0.29) is 24.0 Å². The standard InChI is InChI=1S/C19H20F3N3O3/c20-19(21,22)11-28-17-8-13(5-6-23-17)18(27)25-10-16(26)15-7-12-3-1-2-4-14(12)9-24-15/h1-6,8,15-16,24,26H,7,9-11H2,(H,25,27). The van der Waals surface area contributed by atoms with Gasteiger partial charge in [0.1, 0.15) is 0 Å². The van der Waals surface area contributed by atoms with Gasteiger partial charge >= 0.3 is 6.18 Å². The molecular weight excluding hydrogens is 375 g/mol. The second-order valence-corrected chi connectivity index (χ2v) is 6.52. The Balaban J connectivity index is 1.53. The van der Waals surface area contributed by atoms with E-state index < -0.39 is 24.8 Å². The molecular formula is C19H20F3N3O3. The average Bonchev–Trinajstić information content (AvgIpc) is 2.69. The molecule has 28 heavy (non-hydrogen) atoms. The van der Waals surface area contributed by atoms with E-state index in [1.807, 2.05) is 24.3 Å². The van der Waals surface area contributed by atoms with E-state index in [1.54, 1.807) is 0 Å². The number of halogens is 3. The number of benzene rings is 1. The number of nitrogens with one attached hydrogen (secondary N) is 2. The zero-order valence-electron chi connectivity index (χ0n) is 14.9. The van der Waals surface area contributed by atoms with Crippen molar-refractivity contribution in [3.05, 3.63) is 59.3 Å². The number of pyridine rings is 1. The molecule has 9 heteroatoms. The van der Waals surface area contributed by atoms with Gasteiger partial charge in [0.05, 0.1) is 6.10 Å². The molecule has 0 spiro atoms. The molecule has 2 heterocycles. The largest absolute Gasteiger partial charge is 0.468 e. The number of amides is 1. The average molecular weight is 395 g/mol. The lowest BCUT2D eigenvalue weighted by Gasteiger charge is -2.30. The molecule has 1 aromatic carbocycles. The minimum absolute atomic E-state index is 0.000267. The zero-order valence-corrected chi connectivity index (χ0v) is 14.9. The Morgan fingerprint density at radius 3 is 2.82 bits per heavy atom. The van der Waals surface area contributed by atoms with Gasteiger partial charge in [-0.15, -0.1) is 0 Å². The number of hydrogen-bond donors (Lipinski definition) is 3. The van der Waals surface area contributed by atoms with Crippen LogP contribution in [0.5, 0.6) is 5.88 Å². The van der Waals surface area contributed by atoms with Crippen LogP contribution in [0.25, 0.3) is 0 Å². The van der Waals surface area contributed by atoms with Gasteiger partial charge in [0.2, 0.25) is 5.88 Å². The van der Waals surface area contributed by atoms with Crippen molar-refractivity contribution >= 4 is 5.91 Å². The number of carbonyl (C=O) groups excluding carboxylic acids is 1. The van der Waals surface area contributed by atoms with Gasteiger partial charge in [-0.3, -0.25) is 4.79 Å². The fourth-order valence-corrected chi connectivity index (χ4v) is 2.98. The maximum atomic E-state index is 12.2. The highest BCUT2D eigenvalue weighted by atomic mass is 19.4. The van der Waals surface area contributed by atoms with Crippen molar-refractivity contribution in [2.45, 2.75) is 31.3 Å². The second kappa shape index (κ2) is 8.57. The molecule has 1 aliphatic heterocycles. The molecule has 150 valence electrons. The Morgan fingerprint density at radius 2 is 2.07 bits per heavy atom. The lowest BCUT2D eigenvalue weighted by Crippen LogP contribution is -2.49. The molecule has 2 unspecified atom stereocenters. The van der Waals surface area contributed by atoms with Gasteiger partial charge in [-0.05, 0) is 23.6 Å². The lowest BCUT2D eigenvalue weighted by atomic mass is 9.93. The Labute approximate surface area is 159 Å². The van der Waals surface area contributed by atoms with Crippen LogP contribution >= 0.6 is 0 Å². The summed E-state index contributed by atoms with van der Waals surface area (Å²) in [5.74, 6) is -0.828. The molecule has 1 amide bonds. The van der Waals surface area contributed by atoms with Gasteiger partial charge in [0.25, 0.3) is 5.91 Å². The minimum atomic E-state index is -4.49. The van der Waals surface area contributed by atoms with Crippen molar-refractivity contribution in [3.8, 4) is 5.88 Å². The first-order chi connectivity index (χ1) is 13.3. The van der Waals surface area contributed by atoms with Gasteiger partial charge in [0, 0.05) is 37.0 Å². The number of rotatable bonds is 6. The molecule has 0 radical (unpaired) electrons. The molecule has 0 bridgehead atoms. The van der Waals surface area contributed by atoms with E-state index in [4.69, 9.17) is 0 Å². The summed E-state index contributed by atoms with van der Waals surface area (Å²) >= 11 is 0. The van der Waals surface area contributed by atoms with Crippen LogP contribution in [0.1, 0.15) is 21.5 Å². The second-order valence-electron chi connectivity index (χ2n) is 6.52. The van der Waals surface area contributed by atoms with E-state index in [2.05, 4.69) is 20.4 Å². The zero-order chi connectivity index (χ0) is 20.1. The molecule has 6 nitrogen and oxygen atoms in total. The first-order valence-electron chi connectivity index (χ1n) is 8.74. The molecule has 3 N–H and O–H groups in total. The molecule has 3 rings (SSSR count). The molecule has 0 saturated heterocycles. The summed E-state index contributed by atoms with van der Waals surface area (Å²) in [4.78, 5) is 15.9. The summed E-state index contributed by atoms with van der Waals surface area (Å²) in [5, 5.41) is 16.2. The number of nitrogens with zero attached hydrogens (tertiary/aromatic N) is 1. The van der Waals surface area contributed by atoms with Crippen LogP contribution in [0, 0.1) is 0 Å². The summed E-state index contributed by atoms with van der Waals surface area (Å²) in [7, 11) is 0. The van der Waals surface area contributed by atoms with Crippen LogP contribution in [-0.4, -0.2) is 47.5 Å². The van der Waals surface area contributed by atoms with Gasteiger partial charge in [-0.2, -0.15) is 13.2 Å². The maximum absolute atomic E-state index is 12.2. The fourth-order valence-electron chi connectivity index (χ4n) is 2.98. The topological polar surface area (TPSA) is 83.5 Å². The summed E-state index contributed by atoms with van der Waals surface area (Å²) in [6.45, 7) is -0.853. The van der Waals surface area contributed by atoms with E-state index in [0.29, 0.717) is 13.0 Å². The van der Waals surface area contributed by atoms with Crippen molar-refractivity contribution in [1.82, 2.24) is 15.6 Å². The van der Waals surface area contributed by atoms with Crippen LogP contribution in [0.2, 0.25) is 0 Å². The van der Waals surface area contributed by atoms with Crippen molar-refractivity contribution in [1.29, 1.82) is 0 Å². The Bertz CT molecular complexity index is 829. The summed E-state index contributed by atoms with van der Waals surface area (Å²) in [5.41, 5.74) is 2.43. The van der Waals surface area contributed by atoms with Crippen LogP contribution in [-0.2, 0) is 13.0 Å². The summed E-state index contributed by atoms with van der Waals surface area (Å²) in [6.07, 6.45) is -3.48. The first-order valence-corrected chi connectivity index (χ1v) is 8.74. The van der Waals surface area contributed by atoms with E-state index in [0.717, 1.165) is 11.6 Å². The first kappa shape index (κ1) is 20.1. The fraction of sp³-hybridized carbons (Fsp3) is 0.368. The van der Waals surface area contributed by atoms with Crippen molar-refractivity contribution in [3.63, 3.8) is 0 Å². The van der Waals surface area contributed by atoms with Crippen LogP contribution in [0.3, 0.4) is 0 Å². The molecule has 2 aromatic rings. The molecule has 1 aromatic heterocycles. The van der Waals surface area contributed by atoms with Gasteiger partial charge in [-0.25, -0.2) is 4.98 Å². The highest BCUT2D eigenvalue weighted by Gasteiger charge is 2.29. The molecule has 1 aliphatic rings. The highest BCUT2D eigenvalue weighted by molar-refractivity contribution is 5.94. The smallest absolute Gasteiger partial charge is 0.422 e. The summed E-state index contributed by atoms with van der Waals surface area (Å²) < 4.78 is 41.2. The van der Waals surface area contributed by atoms with E-state index in [9.17, 15) is 23.1 Å². The third-order valence-corrected chi connectivity index (χ3v) is 4.43. The lowest BCUT2D eigenvalue weighted by molar-refractivity contribution is -0.154. The number of aliphatic hydroxyl groups excluding tert-OH is 1. The third kappa shape index (κ3) is 5.43. The summed E-state index contributed by atoms with van der Waals surface area (Å²) in [6, 6.07) is 10.2. The normalized spacial score (nSPS) is 17.5. The number of fused-ring (bicyclic) bond motifs is 1. The number of aliphatic hydroxyl groups is 1. The number of alkyl halides is 3. The maximum Gasteiger partial charge on any atom is 0.422 e. The number of carbonyl (C=O) groups is 1. The molecule has 0 aliphatic carbocycles. The number of ether oxygens (including phenoxy) is 1. The monoisotopic (exact) mass is 395 g/mol. The molecule has 0 fully saturated rings. The van der Waals surface area contributed by atoms with Gasteiger partial charge < -0.3 is 20.5 Å². The number of hydrogen-bond acceptors (Lipinski definition) is 5. The van der Waals surface area contributed by atoms with Crippen LogP contribution in [0.15, 0.2) is 42.6 Å². The SMILES string of the molecule is O=C(NCC(O)C1Cc2ccccc2CN1)c1ccnc(OCC(F)(F)F)c1. The number of aromatic nitrogens is 1. The van der Waals surface area contributed by atoms with Crippen molar-refractivity contribution < 1.29 is 27.8 Å². The van der Waals surface area contributed by atoms with Gasteiger partial charge in [-0.1, -0.05) is 24.3 Å². The van der Waals surface area contributed by atoms with Gasteiger partial charge in [0.15, 0.2) is 6.61 Å². The van der Waals surface area contributed by atoms with Crippen molar-refractivity contribution in [2.24, 2.45) is 0 Å². The van der Waals surface area contributed by atoms with Crippen LogP contribution in [0.4, 0.5) is 13.2 Å². The Kier molecular flexibility index (Phi) is 6.15. The van der Waals surface area contributed by atoms with Crippen LogP contribution < -0.4 is 15.4 Å². The van der Waals surface area contributed by atoms with Crippen molar-refractivity contribution in [2.75, 3.05) is 13.2 Å². The Hall–Kier alpha value is -2.65. The Morgan fingerprint density at radius 1 is 1.32 bits per heavy atom. The minimum Gasteiger partial charge on any atom is -0.468 e. The molecule has 0 saturated carbocycles. The third-order valence-electron chi connectivity index (χ3n) is 4.43. The van der Waals surface area contributed by atoms with E-state index in [1.165, 1.54) is 17.8 Å². The predicted octanol–water partition coefficient (Wildman–Crippen LogP) is 1.83. The predicted molar refractivity (Wildman–Crippen MR) is 94.9 cm³/mol.